The number of anilines is 1. The number of sulfonamides is 1. The van der Waals surface area contributed by atoms with E-state index in [9.17, 15) is 8.42 Å². The fourth-order valence-corrected chi connectivity index (χ4v) is 2.56. The second kappa shape index (κ2) is 7.47. The lowest BCUT2D eigenvalue weighted by Crippen LogP contribution is -2.21. The van der Waals surface area contributed by atoms with Crippen molar-refractivity contribution in [1.29, 1.82) is 0 Å². The summed E-state index contributed by atoms with van der Waals surface area (Å²) >= 11 is 0. The normalized spacial score (nSPS) is 11.5. The summed E-state index contributed by atoms with van der Waals surface area (Å²) in [6, 6.07) is 5.58. The third kappa shape index (κ3) is 6.04. The second-order valence-corrected chi connectivity index (χ2v) is 6.19. The summed E-state index contributed by atoms with van der Waals surface area (Å²) in [7, 11) is -1.80. The van der Waals surface area contributed by atoms with Crippen LogP contribution in [0.4, 0.5) is 5.69 Å². The monoisotopic (exact) mass is 287 g/mol. The minimum atomic E-state index is -3.37. The van der Waals surface area contributed by atoms with Crippen LogP contribution >= 0.6 is 0 Å². The average Bonchev–Trinajstić information content (AvgIpc) is 2.32. The van der Waals surface area contributed by atoms with Gasteiger partial charge in [0.25, 0.3) is 0 Å². The van der Waals surface area contributed by atoms with Crippen molar-refractivity contribution >= 4 is 15.7 Å². The van der Waals surface area contributed by atoms with E-state index in [1.54, 1.807) is 13.2 Å². The van der Waals surface area contributed by atoms with Gasteiger partial charge in [-0.3, -0.25) is 4.72 Å². The van der Waals surface area contributed by atoms with Gasteiger partial charge in [-0.05, 0) is 25.5 Å². The molecular weight excluding hydrogens is 266 g/mol. The van der Waals surface area contributed by atoms with Gasteiger partial charge in [0, 0.05) is 7.11 Å². The van der Waals surface area contributed by atoms with Crippen molar-refractivity contribution in [2.45, 2.75) is 13.8 Å². The summed E-state index contributed by atoms with van der Waals surface area (Å²) in [5.74, 6) is -0.0654. The Labute approximate surface area is 115 Å². The Balaban J connectivity index is 2.50. The van der Waals surface area contributed by atoms with Crippen molar-refractivity contribution in [3.63, 3.8) is 0 Å². The van der Waals surface area contributed by atoms with Gasteiger partial charge in [0.1, 0.15) is 0 Å². The molecule has 0 radical (unpaired) electrons. The molecule has 0 fully saturated rings. The molecule has 0 aliphatic carbocycles. The van der Waals surface area contributed by atoms with Crippen molar-refractivity contribution in [2.24, 2.45) is 0 Å². The molecule has 1 aromatic carbocycles. The van der Waals surface area contributed by atoms with E-state index in [4.69, 9.17) is 9.47 Å². The van der Waals surface area contributed by atoms with Gasteiger partial charge in [0.2, 0.25) is 10.0 Å². The summed E-state index contributed by atoms with van der Waals surface area (Å²) < 4.78 is 36.2. The molecule has 0 atom stereocenters. The number of hydrogen-bond acceptors (Lipinski definition) is 4. The summed E-state index contributed by atoms with van der Waals surface area (Å²) in [4.78, 5) is 0. The molecule has 0 saturated heterocycles. The molecule has 1 N–H and O–H groups in total. The molecule has 0 aromatic heterocycles. The molecule has 0 bridgehead atoms. The van der Waals surface area contributed by atoms with Gasteiger partial charge in [-0.1, -0.05) is 17.7 Å². The fourth-order valence-electron chi connectivity index (χ4n) is 1.56. The predicted molar refractivity (Wildman–Crippen MR) is 76.0 cm³/mol. The Morgan fingerprint density at radius 1 is 1.16 bits per heavy atom. The number of benzene rings is 1. The van der Waals surface area contributed by atoms with Gasteiger partial charge >= 0.3 is 0 Å². The van der Waals surface area contributed by atoms with E-state index in [0.717, 1.165) is 11.1 Å². The van der Waals surface area contributed by atoms with Crippen LogP contribution in [0.2, 0.25) is 0 Å². The molecule has 0 spiro atoms. The average molecular weight is 287 g/mol. The van der Waals surface area contributed by atoms with Crippen LogP contribution in [0, 0.1) is 13.8 Å². The molecule has 5 nitrogen and oxygen atoms in total. The standard InChI is InChI=1S/C13H21NO4S/c1-11-4-5-13(12(2)10-11)14-19(15,16)9-8-18-7-6-17-3/h4-5,10,14H,6-9H2,1-3H3. The van der Waals surface area contributed by atoms with E-state index in [0.29, 0.717) is 18.9 Å². The SMILES string of the molecule is COCCOCCS(=O)(=O)Nc1ccc(C)cc1C. The maximum absolute atomic E-state index is 11.8. The highest BCUT2D eigenvalue weighted by Crippen LogP contribution is 2.17. The number of nitrogens with one attached hydrogen (secondary N) is 1. The zero-order valence-electron chi connectivity index (χ0n) is 11.6. The predicted octanol–water partition coefficient (Wildman–Crippen LogP) is 1.71. The highest BCUT2D eigenvalue weighted by atomic mass is 32.2. The van der Waals surface area contributed by atoms with E-state index in [2.05, 4.69) is 4.72 Å². The third-order valence-corrected chi connectivity index (χ3v) is 3.81. The van der Waals surface area contributed by atoms with E-state index < -0.39 is 10.0 Å². The van der Waals surface area contributed by atoms with Crippen molar-refractivity contribution < 1.29 is 17.9 Å². The van der Waals surface area contributed by atoms with Crippen LogP contribution in [0.15, 0.2) is 18.2 Å². The number of rotatable bonds is 8. The lowest BCUT2D eigenvalue weighted by Gasteiger charge is -2.11. The second-order valence-electron chi connectivity index (χ2n) is 4.34. The van der Waals surface area contributed by atoms with E-state index >= 15 is 0 Å². The molecule has 0 saturated carbocycles. The first-order chi connectivity index (χ1) is 8.94. The smallest absolute Gasteiger partial charge is 0.235 e. The van der Waals surface area contributed by atoms with Crippen LogP contribution in [-0.4, -0.2) is 41.1 Å². The Hall–Kier alpha value is -1.11. The Morgan fingerprint density at radius 2 is 1.89 bits per heavy atom. The molecule has 0 heterocycles. The van der Waals surface area contributed by atoms with Crippen molar-refractivity contribution in [3.05, 3.63) is 29.3 Å². The third-order valence-electron chi connectivity index (χ3n) is 2.58. The first kappa shape index (κ1) is 15.9. The summed E-state index contributed by atoms with van der Waals surface area (Å²) in [5.41, 5.74) is 2.62. The van der Waals surface area contributed by atoms with Crippen LogP contribution in [0.25, 0.3) is 0 Å². The zero-order valence-corrected chi connectivity index (χ0v) is 12.4. The van der Waals surface area contributed by atoms with E-state index in [1.807, 2.05) is 26.0 Å². The maximum atomic E-state index is 11.8. The molecule has 0 unspecified atom stereocenters. The van der Waals surface area contributed by atoms with E-state index in [1.165, 1.54) is 0 Å². The molecule has 6 heteroatoms. The molecular formula is C13H21NO4S. The van der Waals surface area contributed by atoms with E-state index in [-0.39, 0.29) is 12.4 Å². The Bertz CT molecular complexity index is 499. The quantitative estimate of drug-likeness (QED) is 0.739. The number of aryl methyl sites for hydroxylation is 2. The van der Waals surface area contributed by atoms with Gasteiger partial charge in [-0.2, -0.15) is 0 Å². The molecule has 1 rings (SSSR count). The van der Waals surface area contributed by atoms with Gasteiger partial charge in [-0.15, -0.1) is 0 Å². The van der Waals surface area contributed by atoms with Crippen molar-refractivity contribution in [3.8, 4) is 0 Å². The Kier molecular flexibility index (Phi) is 6.27. The molecule has 0 aliphatic heterocycles. The van der Waals surface area contributed by atoms with Gasteiger partial charge in [-0.25, -0.2) is 8.42 Å². The number of hydrogen-bond donors (Lipinski definition) is 1. The summed E-state index contributed by atoms with van der Waals surface area (Å²) in [6.07, 6.45) is 0. The highest BCUT2D eigenvalue weighted by molar-refractivity contribution is 7.92. The molecule has 108 valence electrons. The summed E-state index contributed by atoms with van der Waals surface area (Å²) in [5, 5.41) is 0. The fraction of sp³-hybridized carbons (Fsp3) is 0.538. The largest absolute Gasteiger partial charge is 0.382 e. The molecule has 0 aliphatic rings. The number of methoxy groups -OCH3 is 1. The van der Waals surface area contributed by atoms with Crippen LogP contribution in [0.3, 0.4) is 0 Å². The molecule has 19 heavy (non-hydrogen) atoms. The molecule has 0 amide bonds. The van der Waals surface area contributed by atoms with Gasteiger partial charge < -0.3 is 9.47 Å². The summed E-state index contributed by atoms with van der Waals surface area (Å²) in [6.45, 7) is 4.86. The van der Waals surface area contributed by atoms with Crippen molar-refractivity contribution in [1.82, 2.24) is 0 Å². The minimum Gasteiger partial charge on any atom is -0.382 e. The topological polar surface area (TPSA) is 64.6 Å². The van der Waals surface area contributed by atoms with Crippen LogP contribution < -0.4 is 4.72 Å². The Morgan fingerprint density at radius 3 is 2.53 bits per heavy atom. The van der Waals surface area contributed by atoms with Crippen LogP contribution in [0.5, 0.6) is 0 Å². The molecule has 1 aromatic rings. The van der Waals surface area contributed by atoms with Crippen LogP contribution in [0.1, 0.15) is 11.1 Å². The van der Waals surface area contributed by atoms with Gasteiger partial charge in [0.15, 0.2) is 0 Å². The number of ether oxygens (including phenoxy) is 2. The zero-order chi connectivity index (χ0) is 14.3. The van der Waals surface area contributed by atoms with Gasteiger partial charge in [0.05, 0.1) is 31.3 Å². The minimum absolute atomic E-state index is 0.0654. The lowest BCUT2D eigenvalue weighted by atomic mass is 10.1. The van der Waals surface area contributed by atoms with Crippen LogP contribution in [-0.2, 0) is 19.5 Å². The highest BCUT2D eigenvalue weighted by Gasteiger charge is 2.11. The lowest BCUT2D eigenvalue weighted by molar-refractivity contribution is 0.0785. The first-order valence-electron chi connectivity index (χ1n) is 6.09. The van der Waals surface area contributed by atoms with Crippen molar-refractivity contribution in [2.75, 3.05) is 37.4 Å². The first-order valence-corrected chi connectivity index (χ1v) is 7.74. The maximum Gasteiger partial charge on any atom is 0.235 e.